The number of nitrogens with one attached hydrogen (secondary N) is 1. The van der Waals surface area contributed by atoms with Crippen molar-refractivity contribution in [1.29, 1.82) is 0 Å². The highest BCUT2D eigenvalue weighted by Crippen LogP contribution is 2.25. The zero-order valence-corrected chi connectivity index (χ0v) is 11.7. The number of benzene rings is 2. The molecule has 2 aromatic rings. The summed E-state index contributed by atoms with van der Waals surface area (Å²) < 4.78 is 13.8. The van der Waals surface area contributed by atoms with Gasteiger partial charge < -0.3 is 5.32 Å². The molecule has 0 aromatic heterocycles. The van der Waals surface area contributed by atoms with Crippen LogP contribution >= 0.6 is 0 Å². The van der Waals surface area contributed by atoms with Gasteiger partial charge in [0.15, 0.2) is 0 Å². The molecule has 19 heavy (non-hydrogen) atoms. The van der Waals surface area contributed by atoms with Crippen LogP contribution in [0.5, 0.6) is 0 Å². The Morgan fingerprint density at radius 3 is 2.42 bits per heavy atom. The molecular weight excluding hydrogens is 237 g/mol. The molecule has 2 aromatic carbocycles. The van der Waals surface area contributed by atoms with E-state index < -0.39 is 0 Å². The average molecular weight is 257 g/mol. The van der Waals surface area contributed by atoms with E-state index in [0.29, 0.717) is 0 Å². The fourth-order valence-corrected chi connectivity index (χ4v) is 2.19. The lowest BCUT2D eigenvalue weighted by Crippen LogP contribution is -2.11. The molecule has 1 nitrogen and oxygen atoms in total. The predicted octanol–water partition coefficient (Wildman–Crippen LogP) is 5.01. The van der Waals surface area contributed by atoms with Crippen LogP contribution < -0.4 is 5.32 Å². The van der Waals surface area contributed by atoms with Crippen LogP contribution in [0.1, 0.15) is 36.1 Å². The highest BCUT2D eigenvalue weighted by molar-refractivity contribution is 5.49. The molecule has 0 fully saturated rings. The van der Waals surface area contributed by atoms with Crippen molar-refractivity contribution in [3.63, 3.8) is 0 Å². The van der Waals surface area contributed by atoms with Gasteiger partial charge in [0.2, 0.25) is 0 Å². The minimum atomic E-state index is -0.148. The van der Waals surface area contributed by atoms with E-state index in [1.807, 2.05) is 18.2 Å². The SMILES string of the molecule is CCC(Nc1ccc(C)c(C)c1)c1ccccc1F. The van der Waals surface area contributed by atoms with Gasteiger partial charge in [-0.05, 0) is 49.6 Å². The Morgan fingerprint density at radius 1 is 1.05 bits per heavy atom. The van der Waals surface area contributed by atoms with E-state index >= 15 is 0 Å². The number of hydrogen-bond acceptors (Lipinski definition) is 1. The number of halogens is 1. The summed E-state index contributed by atoms with van der Waals surface area (Å²) in [6.07, 6.45) is 0.841. The van der Waals surface area contributed by atoms with Crippen LogP contribution in [0.15, 0.2) is 42.5 Å². The minimum Gasteiger partial charge on any atom is -0.378 e. The van der Waals surface area contributed by atoms with Crippen molar-refractivity contribution in [3.8, 4) is 0 Å². The summed E-state index contributed by atoms with van der Waals surface area (Å²) in [5.41, 5.74) is 4.28. The molecule has 0 saturated carbocycles. The Kier molecular flexibility index (Phi) is 4.20. The lowest BCUT2D eigenvalue weighted by Gasteiger charge is -2.20. The van der Waals surface area contributed by atoms with Crippen molar-refractivity contribution in [2.45, 2.75) is 33.2 Å². The molecule has 2 rings (SSSR count). The van der Waals surface area contributed by atoms with E-state index in [1.165, 1.54) is 17.2 Å². The van der Waals surface area contributed by atoms with Gasteiger partial charge in [-0.25, -0.2) is 4.39 Å². The first-order chi connectivity index (χ1) is 9.11. The first-order valence-electron chi connectivity index (χ1n) is 6.70. The van der Waals surface area contributed by atoms with E-state index in [0.717, 1.165) is 17.7 Å². The van der Waals surface area contributed by atoms with Gasteiger partial charge in [0.1, 0.15) is 5.82 Å². The second kappa shape index (κ2) is 5.87. The summed E-state index contributed by atoms with van der Waals surface area (Å²) in [7, 11) is 0. The monoisotopic (exact) mass is 257 g/mol. The molecule has 0 bridgehead atoms. The Labute approximate surface area is 114 Å². The van der Waals surface area contributed by atoms with Crippen LogP contribution in [0.25, 0.3) is 0 Å². The van der Waals surface area contributed by atoms with Crippen LogP contribution in [0, 0.1) is 19.7 Å². The zero-order valence-electron chi connectivity index (χ0n) is 11.7. The normalized spacial score (nSPS) is 12.2. The van der Waals surface area contributed by atoms with Gasteiger partial charge in [-0.1, -0.05) is 31.2 Å². The Bertz CT molecular complexity index is 563. The first-order valence-corrected chi connectivity index (χ1v) is 6.70. The highest BCUT2D eigenvalue weighted by Gasteiger charge is 2.13. The number of hydrogen-bond donors (Lipinski definition) is 1. The summed E-state index contributed by atoms with van der Waals surface area (Å²) >= 11 is 0. The molecule has 0 heterocycles. The Balaban J connectivity index is 2.24. The van der Waals surface area contributed by atoms with Crippen LogP contribution in [0.3, 0.4) is 0 Å². The standard InChI is InChI=1S/C17H20FN/c1-4-17(15-7-5-6-8-16(15)18)19-14-10-9-12(2)13(3)11-14/h5-11,17,19H,4H2,1-3H3. The third kappa shape index (κ3) is 3.14. The fraction of sp³-hybridized carbons (Fsp3) is 0.294. The van der Waals surface area contributed by atoms with E-state index in [9.17, 15) is 4.39 Å². The van der Waals surface area contributed by atoms with Crippen molar-refractivity contribution in [3.05, 3.63) is 65.0 Å². The smallest absolute Gasteiger partial charge is 0.128 e. The van der Waals surface area contributed by atoms with E-state index in [2.05, 4.69) is 38.2 Å². The van der Waals surface area contributed by atoms with E-state index in [-0.39, 0.29) is 11.9 Å². The fourth-order valence-electron chi connectivity index (χ4n) is 2.19. The average Bonchev–Trinajstić information content (AvgIpc) is 2.41. The van der Waals surface area contributed by atoms with Crippen molar-refractivity contribution in [2.24, 2.45) is 0 Å². The maximum Gasteiger partial charge on any atom is 0.128 e. The molecular formula is C17H20FN. The summed E-state index contributed by atoms with van der Waals surface area (Å²) in [4.78, 5) is 0. The molecule has 0 radical (unpaired) electrons. The third-order valence-corrected chi connectivity index (χ3v) is 3.54. The van der Waals surface area contributed by atoms with Crippen molar-refractivity contribution >= 4 is 5.69 Å². The van der Waals surface area contributed by atoms with Gasteiger partial charge in [0, 0.05) is 11.3 Å². The largest absolute Gasteiger partial charge is 0.378 e. The maximum absolute atomic E-state index is 13.8. The molecule has 1 N–H and O–H groups in total. The van der Waals surface area contributed by atoms with Crippen LogP contribution in [-0.2, 0) is 0 Å². The molecule has 100 valence electrons. The predicted molar refractivity (Wildman–Crippen MR) is 79.0 cm³/mol. The number of rotatable bonds is 4. The van der Waals surface area contributed by atoms with Crippen LogP contribution in [0.4, 0.5) is 10.1 Å². The topological polar surface area (TPSA) is 12.0 Å². The quantitative estimate of drug-likeness (QED) is 0.812. The molecule has 0 amide bonds. The molecule has 1 unspecified atom stereocenters. The summed E-state index contributed by atoms with van der Waals surface area (Å²) in [5, 5.41) is 3.41. The van der Waals surface area contributed by atoms with Gasteiger partial charge in [-0.15, -0.1) is 0 Å². The summed E-state index contributed by atoms with van der Waals surface area (Å²) in [6, 6.07) is 13.2. The Hall–Kier alpha value is -1.83. The van der Waals surface area contributed by atoms with Crippen LogP contribution in [-0.4, -0.2) is 0 Å². The van der Waals surface area contributed by atoms with Gasteiger partial charge in [-0.3, -0.25) is 0 Å². The molecule has 1 atom stereocenters. The summed E-state index contributed by atoms with van der Waals surface area (Å²) in [5.74, 6) is -0.148. The second-order valence-corrected chi connectivity index (χ2v) is 4.93. The second-order valence-electron chi connectivity index (χ2n) is 4.93. The number of anilines is 1. The third-order valence-electron chi connectivity index (χ3n) is 3.54. The lowest BCUT2D eigenvalue weighted by atomic mass is 10.0. The van der Waals surface area contributed by atoms with E-state index in [4.69, 9.17) is 0 Å². The van der Waals surface area contributed by atoms with Gasteiger partial charge in [-0.2, -0.15) is 0 Å². The van der Waals surface area contributed by atoms with Crippen molar-refractivity contribution in [1.82, 2.24) is 0 Å². The molecule has 0 aliphatic rings. The van der Waals surface area contributed by atoms with E-state index in [1.54, 1.807) is 6.07 Å². The molecule has 0 saturated heterocycles. The molecule has 0 spiro atoms. The zero-order chi connectivity index (χ0) is 13.8. The van der Waals surface area contributed by atoms with Crippen molar-refractivity contribution in [2.75, 3.05) is 5.32 Å². The maximum atomic E-state index is 13.8. The lowest BCUT2D eigenvalue weighted by molar-refractivity contribution is 0.587. The van der Waals surface area contributed by atoms with Gasteiger partial charge in [0.25, 0.3) is 0 Å². The van der Waals surface area contributed by atoms with Crippen LogP contribution in [0.2, 0.25) is 0 Å². The van der Waals surface area contributed by atoms with Gasteiger partial charge in [0.05, 0.1) is 6.04 Å². The Morgan fingerprint density at radius 2 is 1.79 bits per heavy atom. The number of aryl methyl sites for hydroxylation is 2. The molecule has 0 aliphatic carbocycles. The van der Waals surface area contributed by atoms with Crippen molar-refractivity contribution < 1.29 is 4.39 Å². The summed E-state index contributed by atoms with van der Waals surface area (Å²) in [6.45, 7) is 6.24. The first kappa shape index (κ1) is 13.6. The molecule has 2 heteroatoms. The minimum absolute atomic E-state index is 0.00306. The highest BCUT2D eigenvalue weighted by atomic mass is 19.1. The molecule has 0 aliphatic heterocycles. The van der Waals surface area contributed by atoms with Gasteiger partial charge >= 0.3 is 0 Å².